The van der Waals surface area contributed by atoms with E-state index in [1.807, 2.05) is 6.92 Å². The van der Waals surface area contributed by atoms with Gasteiger partial charge in [-0.15, -0.1) is 0 Å². The van der Waals surface area contributed by atoms with Crippen molar-refractivity contribution in [3.05, 3.63) is 39.8 Å². The summed E-state index contributed by atoms with van der Waals surface area (Å²) in [6.45, 7) is 3.54. The molecule has 2 aromatic rings. The van der Waals surface area contributed by atoms with E-state index in [2.05, 4.69) is 21.1 Å². The van der Waals surface area contributed by atoms with E-state index in [4.69, 9.17) is 4.52 Å². The maximum Gasteiger partial charge on any atom is 0.148 e. The summed E-state index contributed by atoms with van der Waals surface area (Å²) in [5.74, 6) is 0.502. The number of nitrogens with zero attached hydrogens (tertiary/aromatic N) is 1. The van der Waals surface area contributed by atoms with Gasteiger partial charge in [0.25, 0.3) is 0 Å². The lowest BCUT2D eigenvalue weighted by molar-refractivity contribution is 0.399. The van der Waals surface area contributed by atoms with Crippen LogP contribution < -0.4 is 0 Å². The molecule has 2 nitrogen and oxygen atoms in total. The van der Waals surface area contributed by atoms with Gasteiger partial charge in [-0.3, -0.25) is 0 Å². The van der Waals surface area contributed by atoms with Gasteiger partial charge in [-0.1, -0.05) is 5.16 Å². The standard InChI is InChI=1S/C11H9BrFNO/c1-6-5-8(3-4-9(6)13)11-10(12)7(2)15-14-11/h3-5H,1-2H3. The van der Waals surface area contributed by atoms with Gasteiger partial charge in [0.15, 0.2) is 0 Å². The van der Waals surface area contributed by atoms with Gasteiger partial charge >= 0.3 is 0 Å². The van der Waals surface area contributed by atoms with Crippen LogP contribution in [-0.2, 0) is 0 Å². The van der Waals surface area contributed by atoms with Gasteiger partial charge in [0, 0.05) is 5.56 Å². The number of hydrogen-bond donors (Lipinski definition) is 0. The van der Waals surface area contributed by atoms with Crippen molar-refractivity contribution in [1.29, 1.82) is 0 Å². The summed E-state index contributed by atoms with van der Waals surface area (Å²) < 4.78 is 18.9. The molecule has 78 valence electrons. The van der Waals surface area contributed by atoms with Crippen molar-refractivity contribution in [2.75, 3.05) is 0 Å². The van der Waals surface area contributed by atoms with Crippen molar-refractivity contribution in [3.8, 4) is 11.3 Å². The summed E-state index contributed by atoms with van der Waals surface area (Å²) in [5, 5.41) is 3.91. The number of aryl methyl sites for hydroxylation is 2. The molecule has 0 unspecified atom stereocenters. The first-order chi connectivity index (χ1) is 7.09. The van der Waals surface area contributed by atoms with Crippen LogP contribution in [0.3, 0.4) is 0 Å². The molecule has 0 radical (unpaired) electrons. The fourth-order valence-corrected chi connectivity index (χ4v) is 1.71. The summed E-state index contributed by atoms with van der Waals surface area (Å²) in [5.41, 5.74) is 2.15. The second kappa shape index (κ2) is 3.77. The van der Waals surface area contributed by atoms with Gasteiger partial charge < -0.3 is 4.52 Å². The molecule has 0 aliphatic carbocycles. The van der Waals surface area contributed by atoms with E-state index in [-0.39, 0.29) is 5.82 Å². The Kier molecular flexibility index (Phi) is 2.61. The highest BCUT2D eigenvalue weighted by Gasteiger charge is 2.12. The first-order valence-corrected chi connectivity index (χ1v) is 5.27. The largest absolute Gasteiger partial charge is 0.360 e. The van der Waals surface area contributed by atoms with Crippen LogP contribution in [0.1, 0.15) is 11.3 Å². The van der Waals surface area contributed by atoms with Crippen LogP contribution >= 0.6 is 15.9 Å². The van der Waals surface area contributed by atoms with Crippen LogP contribution in [0.15, 0.2) is 27.2 Å². The molecule has 0 saturated carbocycles. The summed E-state index contributed by atoms with van der Waals surface area (Å²) in [6.07, 6.45) is 0. The fraction of sp³-hybridized carbons (Fsp3) is 0.182. The Morgan fingerprint density at radius 3 is 2.60 bits per heavy atom. The minimum Gasteiger partial charge on any atom is -0.360 e. The lowest BCUT2D eigenvalue weighted by Gasteiger charge is -2.00. The van der Waals surface area contributed by atoms with Crippen LogP contribution in [0, 0.1) is 19.7 Å². The molecular weight excluding hydrogens is 261 g/mol. The van der Waals surface area contributed by atoms with Gasteiger partial charge in [0.1, 0.15) is 17.3 Å². The van der Waals surface area contributed by atoms with E-state index in [0.717, 1.165) is 10.0 Å². The van der Waals surface area contributed by atoms with Crippen molar-refractivity contribution in [1.82, 2.24) is 5.16 Å². The highest BCUT2D eigenvalue weighted by molar-refractivity contribution is 9.10. The second-order valence-corrected chi connectivity index (χ2v) is 4.16. The van der Waals surface area contributed by atoms with Crippen molar-refractivity contribution in [3.63, 3.8) is 0 Å². The van der Waals surface area contributed by atoms with E-state index < -0.39 is 0 Å². The Labute approximate surface area is 95.2 Å². The molecule has 2 rings (SSSR count). The molecule has 0 fully saturated rings. The summed E-state index contributed by atoms with van der Waals surface area (Å²) in [4.78, 5) is 0. The number of rotatable bonds is 1. The first-order valence-electron chi connectivity index (χ1n) is 4.48. The monoisotopic (exact) mass is 269 g/mol. The molecule has 0 bridgehead atoms. The van der Waals surface area contributed by atoms with Crippen molar-refractivity contribution in [2.45, 2.75) is 13.8 Å². The molecular formula is C11H9BrFNO. The lowest BCUT2D eigenvalue weighted by atomic mass is 10.1. The van der Waals surface area contributed by atoms with Crippen LogP contribution in [0.2, 0.25) is 0 Å². The smallest absolute Gasteiger partial charge is 0.148 e. The molecule has 4 heteroatoms. The molecule has 0 spiro atoms. The highest BCUT2D eigenvalue weighted by atomic mass is 79.9. The highest BCUT2D eigenvalue weighted by Crippen LogP contribution is 2.30. The summed E-state index contributed by atoms with van der Waals surface area (Å²) >= 11 is 3.38. The molecule has 0 amide bonds. The molecule has 0 aliphatic rings. The van der Waals surface area contributed by atoms with Gasteiger partial charge in [-0.25, -0.2) is 4.39 Å². The fourth-order valence-electron chi connectivity index (χ4n) is 1.33. The van der Waals surface area contributed by atoms with Gasteiger partial charge in [0.05, 0.1) is 4.47 Å². The topological polar surface area (TPSA) is 26.0 Å². The third kappa shape index (κ3) is 1.81. The number of aromatic nitrogens is 1. The number of benzene rings is 1. The van der Waals surface area contributed by atoms with Crippen LogP contribution in [0.4, 0.5) is 4.39 Å². The third-order valence-corrected chi connectivity index (χ3v) is 3.16. The third-order valence-electron chi connectivity index (χ3n) is 2.22. The van der Waals surface area contributed by atoms with E-state index in [9.17, 15) is 4.39 Å². The van der Waals surface area contributed by atoms with Crippen LogP contribution in [0.5, 0.6) is 0 Å². The van der Waals surface area contributed by atoms with Crippen LogP contribution in [-0.4, -0.2) is 5.16 Å². The molecule has 15 heavy (non-hydrogen) atoms. The Balaban J connectivity index is 2.55. The normalized spacial score (nSPS) is 10.7. The summed E-state index contributed by atoms with van der Waals surface area (Å²) in [7, 11) is 0. The first kappa shape index (κ1) is 10.4. The minimum absolute atomic E-state index is 0.213. The number of hydrogen-bond acceptors (Lipinski definition) is 2. The molecule has 1 heterocycles. The maximum absolute atomic E-state index is 13.1. The van der Waals surface area contributed by atoms with E-state index >= 15 is 0 Å². The average Bonchev–Trinajstić information content (AvgIpc) is 2.53. The SMILES string of the molecule is Cc1cc(-c2noc(C)c2Br)ccc1F. The van der Waals surface area contributed by atoms with E-state index in [1.54, 1.807) is 19.1 Å². The molecule has 1 aromatic heterocycles. The summed E-state index contributed by atoms with van der Waals surface area (Å²) in [6, 6.07) is 4.86. The molecule has 0 N–H and O–H groups in total. The second-order valence-electron chi connectivity index (χ2n) is 3.37. The minimum atomic E-state index is -0.213. The van der Waals surface area contributed by atoms with Crippen molar-refractivity contribution >= 4 is 15.9 Å². The Morgan fingerprint density at radius 2 is 2.07 bits per heavy atom. The van der Waals surface area contributed by atoms with E-state index in [0.29, 0.717) is 17.0 Å². The Hall–Kier alpha value is -1.16. The predicted octanol–water partition coefficient (Wildman–Crippen LogP) is 3.86. The van der Waals surface area contributed by atoms with Crippen LogP contribution in [0.25, 0.3) is 11.3 Å². The van der Waals surface area contributed by atoms with Gasteiger partial charge in [0.2, 0.25) is 0 Å². The molecule has 1 aromatic carbocycles. The zero-order valence-electron chi connectivity index (χ0n) is 8.34. The molecule has 0 aliphatic heterocycles. The zero-order valence-corrected chi connectivity index (χ0v) is 9.93. The maximum atomic E-state index is 13.1. The van der Waals surface area contributed by atoms with Crippen molar-refractivity contribution < 1.29 is 8.91 Å². The van der Waals surface area contributed by atoms with Crippen molar-refractivity contribution in [2.24, 2.45) is 0 Å². The zero-order chi connectivity index (χ0) is 11.0. The predicted molar refractivity (Wildman–Crippen MR) is 59.1 cm³/mol. The quantitative estimate of drug-likeness (QED) is 0.786. The van der Waals surface area contributed by atoms with E-state index in [1.165, 1.54) is 6.07 Å². The molecule has 0 atom stereocenters. The Bertz CT molecular complexity index is 507. The number of halogens is 2. The average molecular weight is 270 g/mol. The molecule has 0 saturated heterocycles. The Morgan fingerprint density at radius 1 is 1.33 bits per heavy atom. The lowest BCUT2D eigenvalue weighted by Crippen LogP contribution is -1.84. The van der Waals surface area contributed by atoms with Gasteiger partial charge in [-0.2, -0.15) is 0 Å². The van der Waals surface area contributed by atoms with Gasteiger partial charge in [-0.05, 0) is 53.5 Å².